The number of carbonyl (C=O) groups is 1. The van der Waals surface area contributed by atoms with Crippen molar-refractivity contribution in [3.8, 4) is 17.4 Å². The Labute approximate surface area is 198 Å². The highest BCUT2D eigenvalue weighted by atomic mass is 19.1. The van der Waals surface area contributed by atoms with Crippen LogP contribution in [0.25, 0.3) is 22.7 Å². The lowest BCUT2D eigenvalue weighted by atomic mass is 10.3. The van der Waals surface area contributed by atoms with E-state index in [0.29, 0.717) is 22.9 Å². The molecular formula is C24H20FN7O3. The summed E-state index contributed by atoms with van der Waals surface area (Å²) in [6.45, 7) is 3.37. The summed E-state index contributed by atoms with van der Waals surface area (Å²) in [5.74, 6) is 0.132. The zero-order valence-corrected chi connectivity index (χ0v) is 18.8. The standard InChI is InChI=1S/C24H20FN7O3/c1-14-12-20(27-22(33)15(2)35-18-6-4-3-5-7-18)32(30-14)24-28-21-19(23(34)29-24)13-26-31(21)17-10-8-16(25)9-11-17/h3-13,15H,1-2H3,(H,27,33)(H,28,29,34)/t15-/m1/s1. The third-order valence-electron chi connectivity index (χ3n) is 5.21. The fraction of sp³-hybridized carbons (Fsp3) is 0.125. The summed E-state index contributed by atoms with van der Waals surface area (Å²) in [5.41, 5.74) is 0.931. The van der Waals surface area contributed by atoms with Crippen molar-refractivity contribution in [3.63, 3.8) is 0 Å². The predicted molar refractivity (Wildman–Crippen MR) is 126 cm³/mol. The van der Waals surface area contributed by atoms with E-state index in [2.05, 4.69) is 25.5 Å². The number of fused-ring (bicyclic) bond motifs is 1. The van der Waals surface area contributed by atoms with Gasteiger partial charge in [-0.15, -0.1) is 0 Å². The third-order valence-corrected chi connectivity index (χ3v) is 5.21. The molecule has 0 spiro atoms. The van der Waals surface area contributed by atoms with Crippen molar-refractivity contribution in [1.82, 2.24) is 29.5 Å². The van der Waals surface area contributed by atoms with E-state index in [1.807, 2.05) is 18.2 Å². The average molecular weight is 473 g/mol. The van der Waals surface area contributed by atoms with Gasteiger partial charge in [0.2, 0.25) is 5.95 Å². The fourth-order valence-corrected chi connectivity index (χ4v) is 3.51. The SMILES string of the molecule is Cc1cc(NC(=O)[C@@H](C)Oc2ccccc2)n(-c2nc3c(cnn3-c3ccc(F)cc3)c(=O)[nH]2)n1. The first-order valence-electron chi connectivity index (χ1n) is 10.7. The average Bonchev–Trinajstić information content (AvgIpc) is 3.44. The molecule has 0 aliphatic heterocycles. The van der Waals surface area contributed by atoms with Crippen LogP contribution in [0.3, 0.4) is 0 Å². The van der Waals surface area contributed by atoms with E-state index in [-0.39, 0.29) is 17.0 Å². The quantitative estimate of drug-likeness (QED) is 0.391. The van der Waals surface area contributed by atoms with E-state index >= 15 is 0 Å². The number of carbonyl (C=O) groups excluding carboxylic acids is 1. The van der Waals surface area contributed by atoms with Crippen molar-refractivity contribution < 1.29 is 13.9 Å². The lowest BCUT2D eigenvalue weighted by Crippen LogP contribution is -2.31. The molecule has 0 aliphatic carbocycles. The third kappa shape index (κ3) is 4.38. The number of aryl methyl sites for hydroxylation is 1. The number of aromatic nitrogens is 6. The first kappa shape index (κ1) is 22.0. The van der Waals surface area contributed by atoms with Crippen molar-refractivity contribution in [1.29, 1.82) is 0 Å². The molecule has 2 N–H and O–H groups in total. The molecule has 0 unspecified atom stereocenters. The smallest absolute Gasteiger partial charge is 0.266 e. The van der Waals surface area contributed by atoms with Gasteiger partial charge in [0.25, 0.3) is 11.5 Å². The van der Waals surface area contributed by atoms with Crippen LogP contribution in [0.4, 0.5) is 10.2 Å². The van der Waals surface area contributed by atoms with Gasteiger partial charge in [-0.3, -0.25) is 14.6 Å². The number of aromatic amines is 1. The Kier molecular flexibility index (Phi) is 5.57. The molecule has 1 amide bonds. The van der Waals surface area contributed by atoms with Gasteiger partial charge in [0, 0.05) is 6.07 Å². The van der Waals surface area contributed by atoms with Crippen molar-refractivity contribution in [2.45, 2.75) is 20.0 Å². The number of nitrogens with one attached hydrogen (secondary N) is 2. The molecule has 5 rings (SSSR count). The zero-order chi connectivity index (χ0) is 24.5. The highest BCUT2D eigenvalue weighted by Crippen LogP contribution is 2.19. The van der Waals surface area contributed by atoms with E-state index in [9.17, 15) is 14.0 Å². The molecule has 5 aromatic rings. The molecule has 0 fully saturated rings. The molecule has 2 aromatic carbocycles. The van der Waals surface area contributed by atoms with Crippen molar-refractivity contribution in [2.75, 3.05) is 5.32 Å². The summed E-state index contributed by atoms with van der Waals surface area (Å²) in [6.07, 6.45) is 0.587. The highest BCUT2D eigenvalue weighted by molar-refractivity contribution is 5.93. The molecular weight excluding hydrogens is 453 g/mol. The van der Waals surface area contributed by atoms with E-state index < -0.39 is 23.4 Å². The second-order valence-corrected chi connectivity index (χ2v) is 7.80. The topological polar surface area (TPSA) is 120 Å². The Balaban J connectivity index is 1.49. The Morgan fingerprint density at radius 1 is 1.11 bits per heavy atom. The van der Waals surface area contributed by atoms with Gasteiger partial charge in [-0.2, -0.15) is 19.9 Å². The van der Waals surface area contributed by atoms with Crippen LogP contribution < -0.4 is 15.6 Å². The summed E-state index contributed by atoms with van der Waals surface area (Å²) in [5, 5.41) is 11.6. The first-order valence-corrected chi connectivity index (χ1v) is 10.7. The Bertz CT molecular complexity index is 1570. The Morgan fingerprint density at radius 2 is 1.86 bits per heavy atom. The number of hydrogen-bond acceptors (Lipinski definition) is 6. The number of para-hydroxylation sites is 1. The van der Waals surface area contributed by atoms with Gasteiger partial charge in [0.05, 0.1) is 17.6 Å². The second kappa shape index (κ2) is 8.86. The molecule has 11 heteroatoms. The largest absolute Gasteiger partial charge is 0.481 e. The van der Waals surface area contributed by atoms with Crippen molar-refractivity contribution in [3.05, 3.63) is 88.7 Å². The Morgan fingerprint density at radius 3 is 2.60 bits per heavy atom. The summed E-state index contributed by atoms with van der Waals surface area (Å²) in [4.78, 5) is 32.8. The molecule has 0 saturated heterocycles. The molecule has 0 aliphatic rings. The van der Waals surface area contributed by atoms with Crippen LogP contribution in [0.1, 0.15) is 12.6 Å². The van der Waals surface area contributed by atoms with Gasteiger partial charge in [0.1, 0.15) is 22.8 Å². The van der Waals surface area contributed by atoms with Crippen LogP contribution in [-0.4, -0.2) is 41.5 Å². The molecule has 3 aromatic heterocycles. The van der Waals surface area contributed by atoms with Crippen molar-refractivity contribution in [2.24, 2.45) is 0 Å². The van der Waals surface area contributed by atoms with E-state index in [1.54, 1.807) is 32.0 Å². The van der Waals surface area contributed by atoms with Crippen LogP contribution in [0.2, 0.25) is 0 Å². The number of H-pyrrole nitrogens is 1. The van der Waals surface area contributed by atoms with Crippen LogP contribution in [-0.2, 0) is 4.79 Å². The van der Waals surface area contributed by atoms with Crippen LogP contribution in [0.5, 0.6) is 5.75 Å². The fourth-order valence-electron chi connectivity index (χ4n) is 3.51. The van der Waals surface area contributed by atoms with Gasteiger partial charge < -0.3 is 10.1 Å². The monoisotopic (exact) mass is 473 g/mol. The minimum Gasteiger partial charge on any atom is -0.481 e. The molecule has 0 saturated carbocycles. The van der Waals surface area contributed by atoms with Gasteiger partial charge >= 0.3 is 0 Å². The maximum absolute atomic E-state index is 13.4. The summed E-state index contributed by atoms with van der Waals surface area (Å²) < 4.78 is 21.8. The summed E-state index contributed by atoms with van der Waals surface area (Å²) in [6, 6.07) is 16.3. The number of halogens is 1. The minimum atomic E-state index is -0.796. The number of benzene rings is 2. The predicted octanol–water partition coefficient (Wildman–Crippen LogP) is 3.15. The normalized spacial score (nSPS) is 12.0. The molecule has 0 radical (unpaired) electrons. The lowest BCUT2D eigenvalue weighted by molar-refractivity contribution is -0.122. The minimum absolute atomic E-state index is 0.0754. The van der Waals surface area contributed by atoms with Gasteiger partial charge in [-0.05, 0) is 50.2 Å². The summed E-state index contributed by atoms with van der Waals surface area (Å²) >= 11 is 0. The highest BCUT2D eigenvalue weighted by Gasteiger charge is 2.20. The van der Waals surface area contributed by atoms with E-state index in [4.69, 9.17) is 4.74 Å². The van der Waals surface area contributed by atoms with Crippen LogP contribution in [0.15, 0.2) is 71.7 Å². The second-order valence-electron chi connectivity index (χ2n) is 7.80. The number of amides is 1. The lowest BCUT2D eigenvalue weighted by Gasteiger charge is -2.15. The van der Waals surface area contributed by atoms with Gasteiger partial charge in [-0.1, -0.05) is 18.2 Å². The number of ether oxygens (including phenoxy) is 1. The number of nitrogens with zero attached hydrogens (tertiary/aromatic N) is 5. The molecule has 176 valence electrons. The summed E-state index contributed by atoms with van der Waals surface area (Å²) in [7, 11) is 0. The molecule has 35 heavy (non-hydrogen) atoms. The Hall–Kier alpha value is -4.80. The van der Waals surface area contributed by atoms with Crippen LogP contribution in [0, 0.1) is 12.7 Å². The first-order chi connectivity index (χ1) is 16.9. The molecule has 0 bridgehead atoms. The maximum atomic E-state index is 13.4. The molecule has 10 nitrogen and oxygen atoms in total. The van der Waals surface area contributed by atoms with Crippen molar-refractivity contribution >= 4 is 22.8 Å². The number of hydrogen-bond donors (Lipinski definition) is 2. The molecule has 3 heterocycles. The van der Waals surface area contributed by atoms with E-state index in [0.717, 1.165) is 0 Å². The number of rotatable bonds is 6. The maximum Gasteiger partial charge on any atom is 0.266 e. The van der Waals surface area contributed by atoms with Gasteiger partial charge in [0.15, 0.2) is 11.8 Å². The van der Waals surface area contributed by atoms with Crippen LogP contribution >= 0.6 is 0 Å². The van der Waals surface area contributed by atoms with E-state index in [1.165, 1.54) is 39.8 Å². The zero-order valence-electron chi connectivity index (χ0n) is 18.8. The number of anilines is 1. The van der Waals surface area contributed by atoms with Gasteiger partial charge in [-0.25, -0.2) is 9.07 Å². The molecule has 1 atom stereocenters.